The molecule has 0 bridgehead atoms. The van der Waals surface area contributed by atoms with Crippen LogP contribution < -0.4 is 5.63 Å². The van der Waals surface area contributed by atoms with Crippen molar-refractivity contribution in [3.05, 3.63) is 108 Å². The molecule has 4 rings (SSSR count). The number of rotatable bonds is 6. The fraction of sp³-hybridized carbons (Fsp3) is 0.0769. The molecule has 0 saturated carbocycles. The van der Waals surface area contributed by atoms with Gasteiger partial charge in [0.25, 0.3) is 0 Å². The first-order valence-corrected chi connectivity index (χ1v) is 11.6. The van der Waals surface area contributed by atoms with E-state index in [2.05, 4.69) is 74.5 Å². The number of para-hydroxylation sites is 2. The number of hydrogen-bond donors (Lipinski definition) is 0. The molecule has 0 spiro atoms. The molecule has 29 heavy (non-hydrogen) atoms. The van der Waals surface area contributed by atoms with Crippen molar-refractivity contribution in [3.63, 3.8) is 0 Å². The van der Waals surface area contributed by atoms with E-state index in [0.29, 0.717) is 0 Å². The van der Waals surface area contributed by atoms with Crippen LogP contribution in [0.15, 0.2) is 97.1 Å². The van der Waals surface area contributed by atoms with Crippen molar-refractivity contribution in [2.75, 3.05) is 0 Å². The molecule has 4 aromatic rings. The van der Waals surface area contributed by atoms with Crippen molar-refractivity contribution < 1.29 is 29.7 Å². The van der Waals surface area contributed by atoms with Gasteiger partial charge in [-0.1, -0.05) is 0 Å². The molecule has 4 aromatic carbocycles. The van der Waals surface area contributed by atoms with Crippen molar-refractivity contribution in [2.45, 2.75) is 13.8 Å². The van der Waals surface area contributed by atoms with Gasteiger partial charge in [-0.25, -0.2) is 0 Å². The molecule has 0 saturated heterocycles. The summed E-state index contributed by atoms with van der Waals surface area (Å²) >= 11 is -1.57. The van der Waals surface area contributed by atoms with Gasteiger partial charge in [0.05, 0.1) is 0 Å². The molecule has 142 valence electrons. The zero-order chi connectivity index (χ0) is 20.1. The SMILES string of the molecule is Cc1ccc(-c2ccccc2[O][Zr][O]c2ccccc2-c2ccc(C)cc2)cc1. The summed E-state index contributed by atoms with van der Waals surface area (Å²) in [5, 5.41) is 0. The van der Waals surface area contributed by atoms with Crippen LogP contribution >= 0.6 is 0 Å². The van der Waals surface area contributed by atoms with Crippen LogP contribution in [0, 0.1) is 13.8 Å². The van der Waals surface area contributed by atoms with E-state index in [0.717, 1.165) is 33.8 Å². The van der Waals surface area contributed by atoms with Crippen LogP contribution in [-0.2, 0) is 24.1 Å². The molecule has 0 aromatic heterocycles. The van der Waals surface area contributed by atoms with Gasteiger partial charge in [0.15, 0.2) is 0 Å². The first-order valence-electron chi connectivity index (χ1n) is 9.61. The van der Waals surface area contributed by atoms with Crippen molar-refractivity contribution in [1.29, 1.82) is 0 Å². The van der Waals surface area contributed by atoms with Crippen molar-refractivity contribution >= 4 is 0 Å². The van der Waals surface area contributed by atoms with E-state index < -0.39 is 24.1 Å². The van der Waals surface area contributed by atoms with E-state index in [1.807, 2.05) is 36.4 Å². The molecule has 0 aliphatic carbocycles. The molecule has 0 radical (unpaired) electrons. The third-order valence-corrected chi connectivity index (χ3v) is 6.29. The van der Waals surface area contributed by atoms with E-state index in [4.69, 9.17) is 5.63 Å². The molecule has 0 aliphatic heterocycles. The van der Waals surface area contributed by atoms with Crippen LogP contribution in [0.4, 0.5) is 0 Å². The van der Waals surface area contributed by atoms with Gasteiger partial charge in [0.2, 0.25) is 0 Å². The second-order valence-corrected chi connectivity index (χ2v) is 8.42. The first kappa shape index (κ1) is 19.7. The van der Waals surface area contributed by atoms with Crippen LogP contribution in [0.5, 0.6) is 11.5 Å². The Labute approximate surface area is 185 Å². The Bertz CT molecular complexity index is 997. The summed E-state index contributed by atoms with van der Waals surface area (Å²) in [5.74, 6) is 1.77. The molecule has 0 amide bonds. The molecule has 3 heteroatoms. The molecule has 0 fully saturated rings. The van der Waals surface area contributed by atoms with Gasteiger partial charge in [0, 0.05) is 0 Å². The maximum atomic E-state index is 6.18. The van der Waals surface area contributed by atoms with Gasteiger partial charge in [-0.2, -0.15) is 0 Å². The normalized spacial score (nSPS) is 10.4. The van der Waals surface area contributed by atoms with E-state index in [9.17, 15) is 0 Å². The topological polar surface area (TPSA) is 18.5 Å². The summed E-state index contributed by atoms with van der Waals surface area (Å²) in [5.41, 5.74) is 7.02. The van der Waals surface area contributed by atoms with E-state index >= 15 is 0 Å². The Balaban J connectivity index is 1.51. The number of hydrogen-bond acceptors (Lipinski definition) is 2. The first-order chi connectivity index (χ1) is 14.2. The zero-order valence-electron chi connectivity index (χ0n) is 16.6. The fourth-order valence-electron chi connectivity index (χ4n) is 3.17. The van der Waals surface area contributed by atoms with E-state index in [1.165, 1.54) is 11.1 Å². The van der Waals surface area contributed by atoms with E-state index in [-0.39, 0.29) is 0 Å². The molecule has 0 aliphatic rings. The predicted molar refractivity (Wildman–Crippen MR) is 114 cm³/mol. The number of aryl methyl sites for hydroxylation is 2. The maximum absolute atomic E-state index is 6.18. The third-order valence-electron chi connectivity index (χ3n) is 4.80. The van der Waals surface area contributed by atoms with Gasteiger partial charge in [0.1, 0.15) is 0 Å². The van der Waals surface area contributed by atoms with E-state index in [1.54, 1.807) is 0 Å². The predicted octanol–water partition coefficient (Wildman–Crippen LogP) is 7.01. The van der Waals surface area contributed by atoms with Crippen LogP contribution in [0.1, 0.15) is 11.1 Å². The van der Waals surface area contributed by atoms with Crippen molar-refractivity contribution in [1.82, 2.24) is 0 Å². The van der Waals surface area contributed by atoms with Gasteiger partial charge in [-0.15, -0.1) is 0 Å². The quantitative estimate of drug-likeness (QED) is 0.310. The Morgan fingerprint density at radius 1 is 0.483 bits per heavy atom. The van der Waals surface area contributed by atoms with Crippen LogP contribution in [-0.4, -0.2) is 0 Å². The minimum absolute atomic E-state index is 0.885. The summed E-state index contributed by atoms with van der Waals surface area (Å²) in [6.45, 7) is 4.19. The Kier molecular flexibility index (Phi) is 6.27. The van der Waals surface area contributed by atoms with Crippen molar-refractivity contribution in [3.8, 4) is 33.8 Å². The Morgan fingerprint density at radius 3 is 1.28 bits per heavy atom. The molecular formula is C26H22O2Zr. The van der Waals surface area contributed by atoms with Crippen molar-refractivity contribution in [2.24, 2.45) is 0 Å². The number of benzene rings is 4. The average molecular weight is 458 g/mol. The van der Waals surface area contributed by atoms with Gasteiger partial charge in [-0.05, 0) is 0 Å². The summed E-state index contributed by atoms with van der Waals surface area (Å²) in [4.78, 5) is 0. The molecule has 0 atom stereocenters. The monoisotopic (exact) mass is 456 g/mol. The summed E-state index contributed by atoms with van der Waals surface area (Å²) in [7, 11) is 0. The third kappa shape index (κ3) is 4.86. The molecule has 0 N–H and O–H groups in total. The summed E-state index contributed by atoms with van der Waals surface area (Å²) < 4.78 is 12.4. The molecular weight excluding hydrogens is 436 g/mol. The summed E-state index contributed by atoms with van der Waals surface area (Å²) in [6.07, 6.45) is 0. The van der Waals surface area contributed by atoms with Gasteiger partial charge >= 0.3 is 186 Å². The van der Waals surface area contributed by atoms with Crippen LogP contribution in [0.3, 0.4) is 0 Å². The molecule has 2 nitrogen and oxygen atoms in total. The fourth-order valence-corrected chi connectivity index (χ4v) is 4.58. The standard InChI is InChI=1S/2C13H12O.Zr/c2*1-10-6-8-11(9-7-10)12-4-2-3-5-13(12)14;/h2*2-9,14H,1H3;/q;;+2/p-2. The van der Waals surface area contributed by atoms with Gasteiger partial charge in [-0.3, -0.25) is 0 Å². The minimum atomic E-state index is -1.57. The Hall–Kier alpha value is -2.64. The Morgan fingerprint density at radius 2 is 0.862 bits per heavy atom. The average Bonchev–Trinajstić information content (AvgIpc) is 2.76. The molecule has 0 heterocycles. The van der Waals surface area contributed by atoms with Crippen LogP contribution in [0.25, 0.3) is 22.3 Å². The second-order valence-electron chi connectivity index (χ2n) is 7.01. The molecule has 0 unspecified atom stereocenters. The zero-order valence-corrected chi connectivity index (χ0v) is 19.0. The van der Waals surface area contributed by atoms with Gasteiger partial charge < -0.3 is 0 Å². The second kappa shape index (κ2) is 9.24. The summed E-state index contributed by atoms with van der Waals surface area (Å²) in [6, 6.07) is 33.4. The van der Waals surface area contributed by atoms with Crippen LogP contribution in [0.2, 0.25) is 0 Å².